The molecule has 0 aliphatic rings. The molecule has 1 aromatic heterocycles. The Labute approximate surface area is 119 Å². The van der Waals surface area contributed by atoms with Gasteiger partial charge in [0.15, 0.2) is 0 Å². The lowest BCUT2D eigenvalue weighted by Crippen LogP contribution is -2.40. The zero-order valence-electron chi connectivity index (χ0n) is 12.3. The minimum Gasteiger partial charge on any atom is -0.356 e. The molecule has 0 bridgehead atoms. The van der Waals surface area contributed by atoms with Crippen LogP contribution in [0.5, 0.6) is 0 Å². The Kier molecular flexibility index (Phi) is 5.14. The van der Waals surface area contributed by atoms with E-state index < -0.39 is 0 Å². The van der Waals surface area contributed by atoms with Crippen LogP contribution in [-0.4, -0.2) is 23.1 Å². The SMILES string of the molecule is CCCc1nc(Br)cc(N(C)C(C)C(C)(C)C)n1. The number of halogens is 1. The minimum absolute atomic E-state index is 0.219. The van der Waals surface area contributed by atoms with Gasteiger partial charge in [0, 0.05) is 25.6 Å². The van der Waals surface area contributed by atoms with Gasteiger partial charge in [-0.2, -0.15) is 0 Å². The van der Waals surface area contributed by atoms with E-state index in [1.54, 1.807) is 0 Å². The summed E-state index contributed by atoms with van der Waals surface area (Å²) in [5.74, 6) is 1.90. The van der Waals surface area contributed by atoms with Crippen LogP contribution in [0.1, 0.15) is 46.9 Å². The molecule has 0 amide bonds. The smallest absolute Gasteiger partial charge is 0.133 e. The van der Waals surface area contributed by atoms with Gasteiger partial charge in [-0.05, 0) is 34.7 Å². The lowest BCUT2D eigenvalue weighted by Gasteiger charge is -2.36. The summed E-state index contributed by atoms with van der Waals surface area (Å²) >= 11 is 3.47. The third-order valence-corrected chi connectivity index (χ3v) is 3.80. The molecule has 0 radical (unpaired) electrons. The predicted octanol–water partition coefficient (Wildman–Crippen LogP) is 4.06. The van der Waals surface area contributed by atoms with Crippen LogP contribution in [0.3, 0.4) is 0 Å². The van der Waals surface area contributed by atoms with Crippen LogP contribution in [0.4, 0.5) is 5.82 Å². The standard InChI is InChI=1S/C14H24BrN3/c1-7-8-12-16-11(15)9-13(17-12)18(6)10(2)14(3,4)5/h9-10H,7-8H2,1-6H3. The first kappa shape index (κ1) is 15.4. The molecule has 0 aromatic carbocycles. The van der Waals surface area contributed by atoms with Gasteiger partial charge in [0.25, 0.3) is 0 Å². The summed E-state index contributed by atoms with van der Waals surface area (Å²) in [5.41, 5.74) is 0.219. The fourth-order valence-electron chi connectivity index (χ4n) is 1.75. The number of hydrogen-bond acceptors (Lipinski definition) is 3. The van der Waals surface area contributed by atoms with Crippen LogP contribution in [0.15, 0.2) is 10.7 Å². The highest BCUT2D eigenvalue weighted by molar-refractivity contribution is 9.10. The van der Waals surface area contributed by atoms with Crippen LogP contribution in [0.2, 0.25) is 0 Å². The predicted molar refractivity (Wildman–Crippen MR) is 81.0 cm³/mol. The van der Waals surface area contributed by atoms with Crippen LogP contribution in [-0.2, 0) is 6.42 Å². The summed E-state index contributed by atoms with van der Waals surface area (Å²) < 4.78 is 0.865. The Balaban J connectivity index is 3.01. The molecule has 18 heavy (non-hydrogen) atoms. The largest absolute Gasteiger partial charge is 0.356 e. The van der Waals surface area contributed by atoms with Crippen LogP contribution in [0, 0.1) is 5.41 Å². The van der Waals surface area contributed by atoms with E-state index in [0.29, 0.717) is 6.04 Å². The molecule has 102 valence electrons. The molecule has 0 fully saturated rings. The van der Waals surface area contributed by atoms with Crippen molar-refractivity contribution in [3.05, 3.63) is 16.5 Å². The summed E-state index contributed by atoms with van der Waals surface area (Å²) in [6.07, 6.45) is 1.98. The molecule has 4 heteroatoms. The lowest BCUT2D eigenvalue weighted by molar-refractivity contribution is 0.328. The van der Waals surface area contributed by atoms with Gasteiger partial charge in [-0.3, -0.25) is 0 Å². The minimum atomic E-state index is 0.219. The van der Waals surface area contributed by atoms with Gasteiger partial charge in [-0.15, -0.1) is 0 Å². The Hall–Kier alpha value is -0.640. The average Bonchev–Trinajstić information content (AvgIpc) is 2.25. The normalized spacial score (nSPS) is 13.5. The van der Waals surface area contributed by atoms with E-state index in [4.69, 9.17) is 0 Å². The van der Waals surface area contributed by atoms with E-state index in [0.717, 1.165) is 29.1 Å². The zero-order valence-corrected chi connectivity index (χ0v) is 13.9. The highest BCUT2D eigenvalue weighted by Crippen LogP contribution is 2.27. The maximum atomic E-state index is 4.64. The van der Waals surface area contributed by atoms with Crippen molar-refractivity contribution >= 4 is 21.7 Å². The van der Waals surface area contributed by atoms with Crippen molar-refractivity contribution in [1.82, 2.24) is 9.97 Å². The van der Waals surface area contributed by atoms with Crippen LogP contribution in [0.25, 0.3) is 0 Å². The molecule has 0 aliphatic carbocycles. The fraction of sp³-hybridized carbons (Fsp3) is 0.714. The second-order valence-corrected chi connectivity index (χ2v) is 6.68. The Morgan fingerprint density at radius 2 is 1.94 bits per heavy atom. The summed E-state index contributed by atoms with van der Waals surface area (Å²) in [7, 11) is 2.10. The van der Waals surface area contributed by atoms with E-state index in [9.17, 15) is 0 Å². The Morgan fingerprint density at radius 1 is 1.33 bits per heavy atom. The molecule has 0 aliphatic heterocycles. The van der Waals surface area contributed by atoms with Crippen molar-refractivity contribution in [2.75, 3.05) is 11.9 Å². The van der Waals surface area contributed by atoms with Gasteiger partial charge in [-0.25, -0.2) is 9.97 Å². The van der Waals surface area contributed by atoms with Crippen LogP contribution < -0.4 is 4.90 Å². The summed E-state index contributed by atoms with van der Waals surface area (Å²) in [4.78, 5) is 11.3. The maximum Gasteiger partial charge on any atom is 0.133 e. The molecule has 1 atom stereocenters. The van der Waals surface area contributed by atoms with Gasteiger partial charge >= 0.3 is 0 Å². The Morgan fingerprint density at radius 3 is 2.44 bits per heavy atom. The molecule has 1 aromatic rings. The first-order chi connectivity index (χ1) is 8.25. The molecule has 1 heterocycles. The van der Waals surface area contributed by atoms with Gasteiger partial charge in [0.05, 0.1) is 0 Å². The second-order valence-electron chi connectivity index (χ2n) is 5.87. The third-order valence-electron chi connectivity index (χ3n) is 3.40. The molecule has 1 unspecified atom stereocenters. The fourth-order valence-corrected chi connectivity index (χ4v) is 2.16. The number of aryl methyl sites for hydroxylation is 1. The number of rotatable bonds is 4. The molecule has 0 N–H and O–H groups in total. The van der Waals surface area contributed by atoms with Crippen molar-refractivity contribution in [2.24, 2.45) is 5.41 Å². The topological polar surface area (TPSA) is 29.0 Å². The van der Waals surface area contributed by atoms with Gasteiger partial charge in [0.2, 0.25) is 0 Å². The highest BCUT2D eigenvalue weighted by Gasteiger charge is 2.25. The zero-order chi connectivity index (χ0) is 13.9. The quantitative estimate of drug-likeness (QED) is 0.785. The second kappa shape index (κ2) is 6.00. The van der Waals surface area contributed by atoms with Gasteiger partial charge in [-0.1, -0.05) is 27.7 Å². The van der Waals surface area contributed by atoms with Crippen molar-refractivity contribution in [2.45, 2.75) is 53.5 Å². The van der Waals surface area contributed by atoms with E-state index in [1.807, 2.05) is 6.07 Å². The van der Waals surface area contributed by atoms with E-state index >= 15 is 0 Å². The molecule has 1 rings (SSSR count). The highest BCUT2D eigenvalue weighted by atomic mass is 79.9. The van der Waals surface area contributed by atoms with Crippen molar-refractivity contribution in [1.29, 1.82) is 0 Å². The number of aromatic nitrogens is 2. The first-order valence-electron chi connectivity index (χ1n) is 6.52. The first-order valence-corrected chi connectivity index (χ1v) is 7.31. The monoisotopic (exact) mass is 313 g/mol. The molecule has 0 saturated heterocycles. The third kappa shape index (κ3) is 3.94. The van der Waals surface area contributed by atoms with Gasteiger partial charge < -0.3 is 4.90 Å². The number of hydrogen-bond donors (Lipinski definition) is 0. The van der Waals surface area contributed by atoms with Gasteiger partial charge in [0.1, 0.15) is 16.2 Å². The van der Waals surface area contributed by atoms with Crippen LogP contribution >= 0.6 is 15.9 Å². The maximum absolute atomic E-state index is 4.64. The molecule has 0 spiro atoms. The van der Waals surface area contributed by atoms with Crippen molar-refractivity contribution in [3.8, 4) is 0 Å². The van der Waals surface area contributed by atoms with Crippen molar-refractivity contribution < 1.29 is 0 Å². The average molecular weight is 314 g/mol. The summed E-state index contributed by atoms with van der Waals surface area (Å²) in [5, 5.41) is 0. The van der Waals surface area contributed by atoms with Crippen molar-refractivity contribution in [3.63, 3.8) is 0 Å². The van der Waals surface area contributed by atoms with E-state index in [1.165, 1.54) is 0 Å². The summed E-state index contributed by atoms with van der Waals surface area (Å²) in [6.45, 7) is 11.1. The molecular formula is C14H24BrN3. The molecular weight excluding hydrogens is 290 g/mol. The lowest BCUT2D eigenvalue weighted by atomic mass is 9.87. The number of anilines is 1. The van der Waals surface area contributed by atoms with E-state index in [-0.39, 0.29) is 5.41 Å². The molecule has 0 saturated carbocycles. The van der Waals surface area contributed by atoms with E-state index in [2.05, 4.69) is 72.5 Å². The number of nitrogens with zero attached hydrogens (tertiary/aromatic N) is 3. The molecule has 3 nitrogen and oxygen atoms in total. The Bertz CT molecular complexity index is 399. The summed E-state index contributed by atoms with van der Waals surface area (Å²) in [6, 6.07) is 2.40.